The molecule has 0 aromatic heterocycles. The number of anilines is 1. The molecule has 1 aromatic carbocycles. The highest BCUT2D eigenvalue weighted by Crippen LogP contribution is 2.16. The lowest BCUT2D eigenvalue weighted by Crippen LogP contribution is -2.30. The molecule has 0 aliphatic rings. The lowest BCUT2D eigenvalue weighted by molar-refractivity contribution is 0.171. The summed E-state index contributed by atoms with van der Waals surface area (Å²) in [4.78, 5) is 0.112. The van der Waals surface area contributed by atoms with E-state index in [0.29, 0.717) is 12.5 Å². The van der Waals surface area contributed by atoms with Crippen LogP contribution < -0.4 is 10.5 Å². The summed E-state index contributed by atoms with van der Waals surface area (Å²) < 4.78 is 27.4. The SMILES string of the molecule is COCC(Nc1ccc(S(N)(=O)=O)cc1)C(C)C. The summed E-state index contributed by atoms with van der Waals surface area (Å²) in [5.41, 5.74) is 0.846. The number of nitrogens with one attached hydrogen (secondary N) is 1. The molecule has 0 saturated carbocycles. The standard InChI is InChI=1S/C12H20N2O3S/c1-9(2)12(8-17-3)14-10-4-6-11(7-5-10)18(13,15)16/h4-7,9,12,14H,8H2,1-3H3,(H2,13,15,16). The van der Waals surface area contributed by atoms with E-state index >= 15 is 0 Å². The Morgan fingerprint density at radius 3 is 2.22 bits per heavy atom. The maximum Gasteiger partial charge on any atom is 0.238 e. The zero-order valence-electron chi connectivity index (χ0n) is 10.9. The molecule has 1 rings (SSSR count). The first-order chi connectivity index (χ1) is 8.34. The highest BCUT2D eigenvalue weighted by atomic mass is 32.2. The molecule has 0 spiro atoms. The Morgan fingerprint density at radius 2 is 1.83 bits per heavy atom. The van der Waals surface area contributed by atoms with Gasteiger partial charge in [-0.05, 0) is 30.2 Å². The third-order valence-corrected chi connectivity index (χ3v) is 3.62. The molecule has 0 aliphatic heterocycles. The molecule has 0 fully saturated rings. The van der Waals surface area contributed by atoms with Gasteiger partial charge in [0.1, 0.15) is 0 Å². The van der Waals surface area contributed by atoms with Crippen LogP contribution in [0.5, 0.6) is 0 Å². The largest absolute Gasteiger partial charge is 0.383 e. The normalized spacial score (nSPS) is 13.6. The molecule has 0 heterocycles. The molecular formula is C12H20N2O3S. The van der Waals surface area contributed by atoms with E-state index in [-0.39, 0.29) is 10.9 Å². The third kappa shape index (κ3) is 4.29. The van der Waals surface area contributed by atoms with Crippen molar-refractivity contribution in [3.63, 3.8) is 0 Å². The van der Waals surface area contributed by atoms with E-state index in [4.69, 9.17) is 9.88 Å². The Labute approximate surface area is 108 Å². The first-order valence-electron chi connectivity index (χ1n) is 5.73. The first-order valence-corrected chi connectivity index (χ1v) is 7.27. The van der Waals surface area contributed by atoms with Gasteiger partial charge in [-0.25, -0.2) is 13.6 Å². The zero-order chi connectivity index (χ0) is 13.8. The Balaban J connectivity index is 2.79. The van der Waals surface area contributed by atoms with Crippen molar-refractivity contribution in [2.24, 2.45) is 11.1 Å². The van der Waals surface area contributed by atoms with Crippen molar-refractivity contribution >= 4 is 15.7 Å². The quantitative estimate of drug-likeness (QED) is 0.820. The van der Waals surface area contributed by atoms with E-state index in [2.05, 4.69) is 19.2 Å². The van der Waals surface area contributed by atoms with Gasteiger partial charge in [0.15, 0.2) is 0 Å². The van der Waals surface area contributed by atoms with Gasteiger partial charge >= 0.3 is 0 Å². The topological polar surface area (TPSA) is 81.4 Å². The van der Waals surface area contributed by atoms with Crippen LogP contribution in [-0.4, -0.2) is 28.2 Å². The van der Waals surface area contributed by atoms with E-state index in [1.807, 2.05) is 0 Å². The predicted molar refractivity (Wildman–Crippen MR) is 71.9 cm³/mol. The van der Waals surface area contributed by atoms with Gasteiger partial charge in [-0.2, -0.15) is 0 Å². The summed E-state index contributed by atoms with van der Waals surface area (Å²) in [6, 6.07) is 6.55. The van der Waals surface area contributed by atoms with E-state index in [1.54, 1.807) is 19.2 Å². The highest BCUT2D eigenvalue weighted by molar-refractivity contribution is 7.89. The highest BCUT2D eigenvalue weighted by Gasteiger charge is 2.13. The van der Waals surface area contributed by atoms with Crippen LogP contribution in [-0.2, 0) is 14.8 Å². The van der Waals surface area contributed by atoms with Crippen LogP contribution in [0.15, 0.2) is 29.2 Å². The first kappa shape index (κ1) is 14.9. The average Bonchev–Trinajstić information content (AvgIpc) is 2.28. The van der Waals surface area contributed by atoms with Crippen LogP contribution in [0.3, 0.4) is 0 Å². The lowest BCUT2D eigenvalue weighted by Gasteiger charge is -2.22. The van der Waals surface area contributed by atoms with Crippen molar-refractivity contribution in [2.75, 3.05) is 19.0 Å². The minimum Gasteiger partial charge on any atom is -0.383 e. The number of nitrogens with two attached hydrogens (primary N) is 1. The predicted octanol–water partition coefficient (Wildman–Crippen LogP) is 1.42. The summed E-state index contributed by atoms with van der Waals surface area (Å²) in [5, 5.41) is 8.33. The summed E-state index contributed by atoms with van der Waals surface area (Å²) >= 11 is 0. The van der Waals surface area contributed by atoms with E-state index in [0.717, 1.165) is 5.69 Å². The maximum atomic E-state index is 11.1. The molecular weight excluding hydrogens is 252 g/mol. The van der Waals surface area contributed by atoms with Crippen LogP contribution in [0, 0.1) is 5.92 Å². The Morgan fingerprint density at radius 1 is 1.28 bits per heavy atom. The number of hydrogen-bond donors (Lipinski definition) is 2. The van der Waals surface area contributed by atoms with Crippen LogP contribution in [0.2, 0.25) is 0 Å². The van der Waals surface area contributed by atoms with Gasteiger partial charge in [0.25, 0.3) is 0 Å². The molecule has 1 aromatic rings. The number of sulfonamides is 1. The second-order valence-electron chi connectivity index (χ2n) is 4.52. The maximum absolute atomic E-state index is 11.1. The Kier molecular flexibility index (Phi) is 5.13. The van der Waals surface area contributed by atoms with Gasteiger partial charge < -0.3 is 10.1 Å². The fourth-order valence-corrected chi connectivity index (χ4v) is 2.05. The number of methoxy groups -OCH3 is 1. The van der Waals surface area contributed by atoms with Gasteiger partial charge in [0.2, 0.25) is 10.0 Å². The van der Waals surface area contributed by atoms with Crippen molar-refractivity contribution in [1.29, 1.82) is 0 Å². The number of benzene rings is 1. The van der Waals surface area contributed by atoms with Crippen LogP contribution in [0.1, 0.15) is 13.8 Å². The van der Waals surface area contributed by atoms with Gasteiger partial charge in [-0.1, -0.05) is 13.8 Å². The number of ether oxygens (including phenoxy) is 1. The molecule has 6 heteroatoms. The summed E-state index contributed by atoms with van der Waals surface area (Å²) in [5.74, 6) is 0.405. The van der Waals surface area contributed by atoms with E-state index in [1.165, 1.54) is 12.1 Å². The van der Waals surface area contributed by atoms with Gasteiger partial charge in [-0.3, -0.25) is 0 Å². The fourth-order valence-electron chi connectivity index (χ4n) is 1.54. The van der Waals surface area contributed by atoms with Gasteiger partial charge in [0.05, 0.1) is 17.5 Å². The van der Waals surface area contributed by atoms with Gasteiger partial charge in [-0.15, -0.1) is 0 Å². The molecule has 1 atom stereocenters. The third-order valence-electron chi connectivity index (χ3n) is 2.69. The van der Waals surface area contributed by atoms with E-state index in [9.17, 15) is 8.42 Å². The minimum atomic E-state index is -3.63. The molecule has 0 saturated heterocycles. The van der Waals surface area contributed by atoms with Crippen LogP contribution in [0.4, 0.5) is 5.69 Å². The van der Waals surface area contributed by atoms with Crippen molar-refractivity contribution in [1.82, 2.24) is 0 Å². The van der Waals surface area contributed by atoms with E-state index < -0.39 is 10.0 Å². The Hall–Kier alpha value is -1.11. The van der Waals surface area contributed by atoms with Crippen molar-refractivity contribution in [3.8, 4) is 0 Å². The lowest BCUT2D eigenvalue weighted by atomic mass is 10.1. The minimum absolute atomic E-state index is 0.112. The second-order valence-corrected chi connectivity index (χ2v) is 6.08. The Bertz CT molecular complexity index is 469. The van der Waals surface area contributed by atoms with Crippen LogP contribution >= 0.6 is 0 Å². The van der Waals surface area contributed by atoms with Crippen molar-refractivity contribution < 1.29 is 13.2 Å². The fraction of sp³-hybridized carbons (Fsp3) is 0.500. The molecule has 1 unspecified atom stereocenters. The molecule has 0 radical (unpaired) electrons. The molecule has 3 N–H and O–H groups in total. The molecule has 5 nitrogen and oxygen atoms in total. The molecule has 18 heavy (non-hydrogen) atoms. The molecule has 0 bridgehead atoms. The molecule has 0 aliphatic carbocycles. The van der Waals surface area contributed by atoms with Gasteiger partial charge in [0, 0.05) is 12.8 Å². The summed E-state index contributed by atoms with van der Waals surface area (Å²) in [6.45, 7) is 4.78. The van der Waals surface area contributed by atoms with Crippen molar-refractivity contribution in [3.05, 3.63) is 24.3 Å². The van der Waals surface area contributed by atoms with Crippen molar-refractivity contribution in [2.45, 2.75) is 24.8 Å². The number of rotatable bonds is 6. The smallest absolute Gasteiger partial charge is 0.238 e. The average molecular weight is 272 g/mol. The monoisotopic (exact) mass is 272 g/mol. The molecule has 0 amide bonds. The summed E-state index contributed by atoms with van der Waals surface area (Å²) in [7, 11) is -1.97. The second kappa shape index (κ2) is 6.17. The number of hydrogen-bond acceptors (Lipinski definition) is 4. The van der Waals surface area contributed by atoms with Crippen LogP contribution in [0.25, 0.3) is 0 Å². The molecule has 102 valence electrons. The summed E-state index contributed by atoms with van der Waals surface area (Å²) in [6.07, 6.45) is 0. The zero-order valence-corrected chi connectivity index (χ0v) is 11.7. The number of primary sulfonamides is 1.